The van der Waals surface area contributed by atoms with Gasteiger partial charge in [0.15, 0.2) is 5.11 Å². The highest BCUT2D eigenvalue weighted by Gasteiger charge is 2.54. The van der Waals surface area contributed by atoms with Gasteiger partial charge in [0.05, 0.1) is 12.2 Å². The first-order valence-corrected chi connectivity index (χ1v) is 4.74. The second-order valence-corrected chi connectivity index (χ2v) is 4.08. The predicted octanol–water partition coefficient (Wildman–Crippen LogP) is -0.0732. The normalized spacial score (nSPS) is 43.8. The van der Waals surface area contributed by atoms with Crippen molar-refractivity contribution < 1.29 is 9.53 Å². The molecule has 1 amide bonds. The van der Waals surface area contributed by atoms with Crippen molar-refractivity contribution in [1.29, 1.82) is 0 Å². The smallest absolute Gasteiger partial charge is 0.254 e. The SMILES string of the molecule is CC1CC2(NC(=S)NC2=O)C(C)O1. The highest BCUT2D eigenvalue weighted by atomic mass is 32.1. The summed E-state index contributed by atoms with van der Waals surface area (Å²) in [5, 5.41) is 6.02. The first-order valence-electron chi connectivity index (χ1n) is 4.33. The molecule has 2 aliphatic heterocycles. The van der Waals surface area contributed by atoms with Crippen molar-refractivity contribution in [3.63, 3.8) is 0 Å². The molecule has 13 heavy (non-hydrogen) atoms. The van der Waals surface area contributed by atoms with Crippen LogP contribution in [-0.4, -0.2) is 28.8 Å². The van der Waals surface area contributed by atoms with Gasteiger partial charge in [-0.3, -0.25) is 4.79 Å². The number of carbonyl (C=O) groups excluding carboxylic acids is 1. The van der Waals surface area contributed by atoms with Crippen molar-refractivity contribution in [2.75, 3.05) is 0 Å². The van der Waals surface area contributed by atoms with Gasteiger partial charge in [0.1, 0.15) is 5.54 Å². The average Bonchev–Trinajstić information content (AvgIpc) is 2.40. The van der Waals surface area contributed by atoms with E-state index in [4.69, 9.17) is 17.0 Å². The summed E-state index contributed by atoms with van der Waals surface area (Å²) in [6.45, 7) is 3.85. The van der Waals surface area contributed by atoms with Gasteiger partial charge in [0.2, 0.25) is 0 Å². The molecule has 2 N–H and O–H groups in total. The lowest BCUT2D eigenvalue weighted by atomic mass is 9.91. The van der Waals surface area contributed by atoms with Crippen LogP contribution in [0.2, 0.25) is 0 Å². The van der Waals surface area contributed by atoms with E-state index < -0.39 is 5.54 Å². The van der Waals surface area contributed by atoms with Gasteiger partial charge in [-0.2, -0.15) is 0 Å². The second-order valence-electron chi connectivity index (χ2n) is 3.67. The first kappa shape index (κ1) is 8.90. The number of hydrogen-bond acceptors (Lipinski definition) is 3. The quantitative estimate of drug-likeness (QED) is 0.537. The van der Waals surface area contributed by atoms with Crippen molar-refractivity contribution >= 4 is 23.2 Å². The zero-order valence-corrected chi connectivity index (χ0v) is 8.40. The number of nitrogens with one attached hydrogen (secondary N) is 2. The third-order valence-electron chi connectivity index (χ3n) is 2.71. The van der Waals surface area contributed by atoms with Gasteiger partial charge in [-0.1, -0.05) is 0 Å². The minimum absolute atomic E-state index is 0.0608. The second kappa shape index (κ2) is 2.65. The molecule has 0 radical (unpaired) electrons. The topological polar surface area (TPSA) is 50.4 Å². The van der Waals surface area contributed by atoms with Crippen LogP contribution in [0.25, 0.3) is 0 Å². The van der Waals surface area contributed by atoms with Gasteiger partial charge in [0, 0.05) is 6.42 Å². The standard InChI is InChI=1S/C8H12N2O2S/c1-4-3-8(5(2)12-4)6(11)9-7(13)10-8/h4-5H,3H2,1-2H3,(H2,9,10,11,13). The van der Waals surface area contributed by atoms with E-state index in [-0.39, 0.29) is 18.1 Å². The van der Waals surface area contributed by atoms with E-state index in [1.54, 1.807) is 0 Å². The summed E-state index contributed by atoms with van der Waals surface area (Å²) < 4.78 is 5.53. The fraction of sp³-hybridized carbons (Fsp3) is 0.750. The Balaban J connectivity index is 2.30. The number of thiocarbonyl (C=S) groups is 1. The van der Waals surface area contributed by atoms with Gasteiger partial charge in [0.25, 0.3) is 5.91 Å². The molecule has 1 spiro atoms. The zero-order valence-electron chi connectivity index (χ0n) is 7.59. The van der Waals surface area contributed by atoms with E-state index in [1.165, 1.54) is 0 Å². The molecule has 2 rings (SSSR count). The third kappa shape index (κ3) is 1.14. The Bertz CT molecular complexity index is 281. The molecule has 3 unspecified atom stereocenters. The van der Waals surface area contributed by atoms with Gasteiger partial charge in [-0.25, -0.2) is 0 Å². The minimum Gasteiger partial charge on any atom is -0.372 e. The number of hydrogen-bond donors (Lipinski definition) is 2. The molecule has 2 saturated heterocycles. The molecule has 72 valence electrons. The molecule has 0 bridgehead atoms. The summed E-state index contributed by atoms with van der Waals surface area (Å²) in [5.74, 6) is -0.0608. The molecule has 0 aromatic rings. The summed E-state index contributed by atoms with van der Waals surface area (Å²) in [5.41, 5.74) is -0.615. The van der Waals surface area contributed by atoms with Crippen molar-refractivity contribution in [3.05, 3.63) is 0 Å². The number of carbonyl (C=O) groups is 1. The minimum atomic E-state index is -0.615. The molecule has 0 aromatic carbocycles. The fourth-order valence-electron chi connectivity index (χ4n) is 2.07. The van der Waals surface area contributed by atoms with Gasteiger partial charge < -0.3 is 15.4 Å². The van der Waals surface area contributed by atoms with Crippen LogP contribution in [0, 0.1) is 0 Å². The summed E-state index contributed by atoms with van der Waals surface area (Å²) in [7, 11) is 0. The maximum Gasteiger partial charge on any atom is 0.254 e. The zero-order chi connectivity index (χ0) is 9.64. The fourth-order valence-corrected chi connectivity index (χ4v) is 2.34. The summed E-state index contributed by atoms with van der Waals surface area (Å²) >= 11 is 4.90. The van der Waals surface area contributed by atoms with Gasteiger partial charge >= 0.3 is 0 Å². The van der Waals surface area contributed by atoms with E-state index in [9.17, 15) is 4.79 Å². The Morgan fingerprint density at radius 1 is 1.62 bits per heavy atom. The number of amides is 1. The van der Waals surface area contributed by atoms with Crippen LogP contribution in [0.15, 0.2) is 0 Å². The molecule has 0 aliphatic carbocycles. The Hall–Kier alpha value is -0.680. The lowest BCUT2D eigenvalue weighted by Gasteiger charge is -2.23. The first-order chi connectivity index (χ1) is 6.04. The molecule has 0 aromatic heterocycles. The van der Waals surface area contributed by atoms with Gasteiger partial charge in [-0.05, 0) is 26.1 Å². The largest absolute Gasteiger partial charge is 0.372 e. The lowest BCUT2D eigenvalue weighted by molar-refractivity contribution is -0.125. The van der Waals surface area contributed by atoms with E-state index in [0.29, 0.717) is 11.5 Å². The molecule has 2 fully saturated rings. The van der Waals surface area contributed by atoms with E-state index in [1.807, 2.05) is 13.8 Å². The van der Waals surface area contributed by atoms with E-state index in [0.717, 1.165) is 0 Å². The summed E-state index contributed by atoms with van der Waals surface area (Å²) in [4.78, 5) is 11.6. The van der Waals surface area contributed by atoms with Crippen LogP contribution in [0.4, 0.5) is 0 Å². The molecule has 3 atom stereocenters. The molecule has 4 nitrogen and oxygen atoms in total. The highest BCUT2D eigenvalue weighted by Crippen LogP contribution is 2.32. The van der Waals surface area contributed by atoms with Crippen LogP contribution in [0.3, 0.4) is 0 Å². The van der Waals surface area contributed by atoms with Crippen LogP contribution < -0.4 is 10.6 Å². The van der Waals surface area contributed by atoms with Crippen molar-refractivity contribution in [1.82, 2.24) is 10.6 Å². The predicted molar refractivity (Wildman–Crippen MR) is 51.2 cm³/mol. The molecule has 2 heterocycles. The Labute approximate surface area is 82.0 Å². The van der Waals surface area contributed by atoms with Crippen LogP contribution >= 0.6 is 12.2 Å². The maximum absolute atomic E-state index is 11.6. The highest BCUT2D eigenvalue weighted by molar-refractivity contribution is 7.80. The maximum atomic E-state index is 11.6. The molecule has 5 heteroatoms. The average molecular weight is 200 g/mol. The monoisotopic (exact) mass is 200 g/mol. The van der Waals surface area contributed by atoms with Gasteiger partial charge in [-0.15, -0.1) is 0 Å². The number of rotatable bonds is 0. The summed E-state index contributed by atoms with van der Waals surface area (Å²) in [6.07, 6.45) is 0.664. The molecular weight excluding hydrogens is 188 g/mol. The van der Waals surface area contributed by atoms with Crippen LogP contribution in [0.1, 0.15) is 20.3 Å². The Morgan fingerprint density at radius 3 is 2.69 bits per heavy atom. The van der Waals surface area contributed by atoms with Crippen molar-refractivity contribution in [3.8, 4) is 0 Å². The number of ether oxygens (including phenoxy) is 1. The lowest BCUT2D eigenvalue weighted by Crippen LogP contribution is -2.52. The molecule has 0 saturated carbocycles. The van der Waals surface area contributed by atoms with E-state index in [2.05, 4.69) is 10.6 Å². The molecular formula is C8H12N2O2S. The van der Waals surface area contributed by atoms with Crippen molar-refractivity contribution in [2.24, 2.45) is 0 Å². The Morgan fingerprint density at radius 2 is 2.31 bits per heavy atom. The van der Waals surface area contributed by atoms with E-state index >= 15 is 0 Å². The van der Waals surface area contributed by atoms with Crippen molar-refractivity contribution in [2.45, 2.75) is 38.0 Å². The van der Waals surface area contributed by atoms with Crippen LogP contribution in [0.5, 0.6) is 0 Å². The molecule has 2 aliphatic rings. The van der Waals surface area contributed by atoms with Crippen LogP contribution in [-0.2, 0) is 9.53 Å². The Kier molecular flexibility index (Phi) is 1.82. The summed E-state index contributed by atoms with van der Waals surface area (Å²) in [6, 6.07) is 0. The third-order valence-corrected chi connectivity index (χ3v) is 2.91.